The molecule has 2 N–H and O–H groups in total. The summed E-state index contributed by atoms with van der Waals surface area (Å²) in [7, 11) is 0. The van der Waals surface area contributed by atoms with Crippen LogP contribution in [0.5, 0.6) is 0 Å². The van der Waals surface area contributed by atoms with Crippen molar-refractivity contribution in [3.05, 3.63) is 27.7 Å². The van der Waals surface area contributed by atoms with E-state index in [-0.39, 0.29) is 12.3 Å². The van der Waals surface area contributed by atoms with E-state index in [0.29, 0.717) is 11.6 Å². The Morgan fingerprint density at radius 1 is 1.58 bits per heavy atom. The van der Waals surface area contributed by atoms with Crippen molar-refractivity contribution in [2.24, 2.45) is 0 Å². The molecule has 0 aliphatic carbocycles. The van der Waals surface area contributed by atoms with Gasteiger partial charge in [-0.3, -0.25) is 4.79 Å². The molecule has 0 saturated carbocycles. The summed E-state index contributed by atoms with van der Waals surface area (Å²) in [6.07, 6.45) is 0.997. The molecular formula is C13H15BrClN3O. The molecule has 0 aromatic heterocycles. The van der Waals surface area contributed by atoms with Crippen LogP contribution in [-0.2, 0) is 4.79 Å². The maximum atomic E-state index is 11.5. The minimum atomic E-state index is -0.565. The number of nitrogens with one attached hydrogen (secondary N) is 2. The van der Waals surface area contributed by atoms with Crippen LogP contribution in [0, 0.1) is 11.3 Å². The molecule has 0 radical (unpaired) electrons. The van der Waals surface area contributed by atoms with E-state index >= 15 is 0 Å². The van der Waals surface area contributed by atoms with Crippen molar-refractivity contribution in [1.82, 2.24) is 5.32 Å². The molecule has 0 aliphatic rings. The topological polar surface area (TPSA) is 64.9 Å². The van der Waals surface area contributed by atoms with Crippen molar-refractivity contribution < 1.29 is 4.79 Å². The second kappa shape index (κ2) is 8.03. The van der Waals surface area contributed by atoms with Gasteiger partial charge in [-0.05, 0) is 40.5 Å². The molecule has 102 valence electrons. The molecule has 1 rings (SSSR count). The lowest BCUT2D eigenvalue weighted by atomic mass is 10.2. The van der Waals surface area contributed by atoms with Gasteiger partial charge in [-0.1, -0.05) is 18.5 Å². The Balaban J connectivity index is 2.59. The maximum absolute atomic E-state index is 11.5. The highest BCUT2D eigenvalue weighted by atomic mass is 79.9. The second-order valence-corrected chi connectivity index (χ2v) is 5.27. The predicted molar refractivity (Wildman–Crippen MR) is 80.1 cm³/mol. The van der Waals surface area contributed by atoms with E-state index in [9.17, 15) is 4.79 Å². The molecule has 1 aromatic carbocycles. The summed E-state index contributed by atoms with van der Waals surface area (Å²) >= 11 is 9.20. The molecule has 1 unspecified atom stereocenters. The molecule has 4 nitrogen and oxygen atoms in total. The molecule has 19 heavy (non-hydrogen) atoms. The zero-order valence-corrected chi connectivity index (χ0v) is 12.9. The van der Waals surface area contributed by atoms with Gasteiger partial charge in [0.15, 0.2) is 0 Å². The molecule has 0 saturated heterocycles. The zero-order chi connectivity index (χ0) is 14.3. The first kappa shape index (κ1) is 15.8. The third kappa shape index (κ3) is 5.50. The lowest BCUT2D eigenvalue weighted by molar-refractivity contribution is -0.121. The van der Waals surface area contributed by atoms with Crippen LogP contribution in [0.3, 0.4) is 0 Å². The average molecular weight is 345 g/mol. The standard InChI is InChI=1S/C13H15BrClN3O/c1-2-5-17-13(19)7-10(8-16)18-9-3-4-12(15)11(14)6-9/h3-4,6,10,18H,2,5,7H2,1H3,(H,17,19). The number of carbonyl (C=O) groups is 1. The van der Waals surface area contributed by atoms with Gasteiger partial charge in [-0.15, -0.1) is 0 Å². The van der Waals surface area contributed by atoms with Crippen LogP contribution in [0.2, 0.25) is 5.02 Å². The highest BCUT2D eigenvalue weighted by Gasteiger charge is 2.13. The Hall–Kier alpha value is -1.25. The SMILES string of the molecule is CCCNC(=O)CC(C#N)Nc1ccc(Cl)c(Br)c1. The summed E-state index contributed by atoms with van der Waals surface area (Å²) in [5.41, 5.74) is 0.742. The highest BCUT2D eigenvalue weighted by molar-refractivity contribution is 9.10. The molecule has 0 heterocycles. The number of benzene rings is 1. The smallest absolute Gasteiger partial charge is 0.223 e. The van der Waals surface area contributed by atoms with Crippen molar-refractivity contribution in [2.45, 2.75) is 25.8 Å². The van der Waals surface area contributed by atoms with Gasteiger partial charge in [0.25, 0.3) is 0 Å². The summed E-state index contributed by atoms with van der Waals surface area (Å²) in [5.74, 6) is -0.131. The van der Waals surface area contributed by atoms with E-state index < -0.39 is 6.04 Å². The first-order valence-corrected chi connectivity index (χ1v) is 7.11. The Labute approximate surface area is 126 Å². The lowest BCUT2D eigenvalue weighted by Gasteiger charge is -2.13. The third-order valence-electron chi connectivity index (χ3n) is 2.38. The van der Waals surface area contributed by atoms with Gasteiger partial charge in [-0.2, -0.15) is 5.26 Å². The number of amides is 1. The molecule has 0 fully saturated rings. The summed E-state index contributed by atoms with van der Waals surface area (Å²) in [6, 6.07) is 6.77. The van der Waals surface area contributed by atoms with Gasteiger partial charge in [0.1, 0.15) is 6.04 Å². The molecule has 0 spiro atoms. The van der Waals surface area contributed by atoms with Crippen molar-refractivity contribution >= 4 is 39.1 Å². The van der Waals surface area contributed by atoms with Crippen LogP contribution >= 0.6 is 27.5 Å². The number of hydrogen-bond donors (Lipinski definition) is 2. The fraction of sp³-hybridized carbons (Fsp3) is 0.385. The summed E-state index contributed by atoms with van der Waals surface area (Å²) < 4.78 is 0.742. The largest absolute Gasteiger partial charge is 0.369 e. The Bertz CT molecular complexity index is 487. The number of hydrogen-bond acceptors (Lipinski definition) is 3. The minimum absolute atomic E-state index is 0.122. The molecule has 1 amide bonds. The van der Waals surface area contributed by atoms with Crippen LogP contribution < -0.4 is 10.6 Å². The monoisotopic (exact) mass is 343 g/mol. The van der Waals surface area contributed by atoms with Gasteiger partial charge in [0.05, 0.1) is 17.5 Å². The normalized spacial score (nSPS) is 11.5. The fourth-order valence-corrected chi connectivity index (χ4v) is 1.93. The van der Waals surface area contributed by atoms with Crippen LogP contribution in [0.1, 0.15) is 19.8 Å². The van der Waals surface area contributed by atoms with E-state index in [1.165, 1.54) is 0 Å². The summed E-state index contributed by atoms with van der Waals surface area (Å²) in [4.78, 5) is 11.5. The zero-order valence-electron chi connectivity index (χ0n) is 10.5. The highest BCUT2D eigenvalue weighted by Crippen LogP contribution is 2.25. The van der Waals surface area contributed by atoms with Gasteiger partial charge in [0, 0.05) is 16.7 Å². The van der Waals surface area contributed by atoms with E-state index in [1.807, 2.05) is 6.92 Å². The quantitative estimate of drug-likeness (QED) is 0.832. The van der Waals surface area contributed by atoms with Crippen molar-refractivity contribution in [2.75, 3.05) is 11.9 Å². The predicted octanol–water partition coefficient (Wildman–Crippen LogP) is 3.32. The van der Waals surface area contributed by atoms with Crippen molar-refractivity contribution in [3.8, 4) is 6.07 Å². The molecule has 1 atom stereocenters. The van der Waals surface area contributed by atoms with Gasteiger partial charge in [-0.25, -0.2) is 0 Å². The molecule has 0 bridgehead atoms. The Morgan fingerprint density at radius 3 is 2.89 bits per heavy atom. The minimum Gasteiger partial charge on any atom is -0.369 e. The van der Waals surface area contributed by atoms with E-state index in [0.717, 1.165) is 16.6 Å². The number of nitrogens with zero attached hydrogens (tertiary/aromatic N) is 1. The molecule has 0 aliphatic heterocycles. The summed E-state index contributed by atoms with van der Waals surface area (Å²) in [6.45, 7) is 2.61. The third-order valence-corrected chi connectivity index (χ3v) is 3.59. The number of rotatable bonds is 6. The summed E-state index contributed by atoms with van der Waals surface area (Å²) in [5, 5.41) is 15.4. The molecule has 1 aromatic rings. The second-order valence-electron chi connectivity index (χ2n) is 4.01. The van der Waals surface area contributed by atoms with Crippen LogP contribution in [-0.4, -0.2) is 18.5 Å². The first-order valence-electron chi connectivity index (χ1n) is 5.94. The number of carbonyl (C=O) groups excluding carboxylic acids is 1. The van der Waals surface area contributed by atoms with E-state index in [4.69, 9.17) is 16.9 Å². The fourth-order valence-electron chi connectivity index (χ4n) is 1.44. The number of nitriles is 1. The number of halogens is 2. The van der Waals surface area contributed by atoms with E-state index in [2.05, 4.69) is 32.6 Å². The molecule has 6 heteroatoms. The van der Waals surface area contributed by atoms with Crippen LogP contribution in [0.25, 0.3) is 0 Å². The van der Waals surface area contributed by atoms with E-state index in [1.54, 1.807) is 18.2 Å². The lowest BCUT2D eigenvalue weighted by Crippen LogP contribution is -2.30. The number of anilines is 1. The average Bonchev–Trinajstić information content (AvgIpc) is 2.39. The molecular weight excluding hydrogens is 330 g/mol. The Kier molecular flexibility index (Phi) is 6.68. The Morgan fingerprint density at radius 2 is 2.32 bits per heavy atom. The maximum Gasteiger partial charge on any atom is 0.223 e. The first-order chi connectivity index (χ1) is 9.06. The van der Waals surface area contributed by atoms with Gasteiger partial charge in [0.2, 0.25) is 5.91 Å². The van der Waals surface area contributed by atoms with Crippen molar-refractivity contribution in [3.63, 3.8) is 0 Å². The van der Waals surface area contributed by atoms with Crippen LogP contribution in [0.15, 0.2) is 22.7 Å². The van der Waals surface area contributed by atoms with Gasteiger partial charge < -0.3 is 10.6 Å². The van der Waals surface area contributed by atoms with Crippen molar-refractivity contribution in [1.29, 1.82) is 5.26 Å². The van der Waals surface area contributed by atoms with Crippen LogP contribution in [0.4, 0.5) is 5.69 Å². The van der Waals surface area contributed by atoms with Gasteiger partial charge >= 0.3 is 0 Å².